The molecule has 0 heterocycles. The van der Waals surface area contributed by atoms with E-state index in [1.165, 1.54) is 0 Å². The Bertz CT molecular complexity index is 633. The van der Waals surface area contributed by atoms with Crippen LogP contribution in [-0.2, 0) is 4.57 Å². The van der Waals surface area contributed by atoms with Crippen molar-refractivity contribution in [2.45, 2.75) is 20.3 Å². The lowest BCUT2D eigenvalue weighted by molar-refractivity contribution is 0.107. The quantitative estimate of drug-likeness (QED) is 0.733. The summed E-state index contributed by atoms with van der Waals surface area (Å²) in [6, 6.07) is 18.1. The maximum Gasteiger partial charge on any atom is 0.225 e. The molecule has 0 aromatic heterocycles. The molecule has 21 heavy (non-hydrogen) atoms. The molecule has 0 aliphatic heterocycles. The van der Waals surface area contributed by atoms with Crippen molar-refractivity contribution in [1.29, 1.82) is 0 Å². The first-order valence-electron chi connectivity index (χ1n) is 7.28. The lowest BCUT2D eigenvalue weighted by Crippen LogP contribution is -2.16. The molecule has 2 rings (SSSR count). The van der Waals surface area contributed by atoms with Gasteiger partial charge in [0.25, 0.3) is 0 Å². The monoisotopic (exact) mass is 300 g/mol. The van der Waals surface area contributed by atoms with Crippen LogP contribution in [0.1, 0.15) is 30.6 Å². The van der Waals surface area contributed by atoms with Crippen molar-refractivity contribution in [3.05, 3.63) is 66.2 Å². The highest BCUT2D eigenvalue weighted by Gasteiger charge is 2.34. The van der Waals surface area contributed by atoms with Gasteiger partial charge in [0.2, 0.25) is 5.52 Å². The number of hydrogen-bond acceptors (Lipinski definition) is 2. The Morgan fingerprint density at radius 3 is 2.00 bits per heavy atom. The summed E-state index contributed by atoms with van der Waals surface area (Å²) in [5.41, 5.74) is 0.309. The fraction of sp³-hybridized carbons (Fsp3) is 0.278. The minimum absolute atomic E-state index is 0.227. The number of benzene rings is 2. The van der Waals surface area contributed by atoms with E-state index in [9.17, 15) is 9.36 Å². The summed E-state index contributed by atoms with van der Waals surface area (Å²) in [7, 11) is -3.08. The summed E-state index contributed by atoms with van der Waals surface area (Å²) in [5.74, 6) is 0.422. The van der Waals surface area contributed by atoms with Crippen molar-refractivity contribution in [3.63, 3.8) is 0 Å². The molecule has 0 radical (unpaired) electrons. The van der Waals surface area contributed by atoms with Gasteiger partial charge in [0.1, 0.15) is 0 Å². The van der Waals surface area contributed by atoms with Crippen LogP contribution in [0.15, 0.2) is 60.7 Å². The molecule has 2 aromatic rings. The Kier molecular flexibility index (Phi) is 5.14. The van der Waals surface area contributed by atoms with E-state index in [4.69, 9.17) is 0 Å². The zero-order valence-electron chi connectivity index (χ0n) is 12.5. The third kappa shape index (κ3) is 3.71. The largest absolute Gasteiger partial charge is 0.310 e. The van der Waals surface area contributed by atoms with Gasteiger partial charge in [-0.1, -0.05) is 74.5 Å². The lowest BCUT2D eigenvalue weighted by Gasteiger charge is -2.18. The minimum atomic E-state index is -3.08. The topological polar surface area (TPSA) is 34.1 Å². The van der Waals surface area contributed by atoms with Gasteiger partial charge in [0.05, 0.1) is 0 Å². The summed E-state index contributed by atoms with van der Waals surface area (Å²) < 4.78 is 13.5. The molecule has 110 valence electrons. The van der Waals surface area contributed by atoms with E-state index < -0.39 is 7.14 Å². The molecular formula is C18H21O2P. The number of carbonyl (C=O) groups excluding carboxylic acids is 1. The van der Waals surface area contributed by atoms with Crippen molar-refractivity contribution in [2.24, 2.45) is 5.92 Å². The Labute approximate surface area is 126 Å². The van der Waals surface area contributed by atoms with Crippen molar-refractivity contribution in [3.8, 4) is 0 Å². The zero-order chi connectivity index (χ0) is 15.3. The van der Waals surface area contributed by atoms with Crippen LogP contribution in [0.4, 0.5) is 0 Å². The molecule has 0 spiro atoms. The lowest BCUT2D eigenvalue weighted by atomic mass is 10.2. The summed E-state index contributed by atoms with van der Waals surface area (Å²) in [6.45, 7) is 4.17. The molecule has 0 saturated carbocycles. The summed E-state index contributed by atoms with van der Waals surface area (Å²) in [4.78, 5) is 12.8. The highest BCUT2D eigenvalue weighted by molar-refractivity contribution is 7.87. The van der Waals surface area contributed by atoms with E-state index in [0.717, 1.165) is 6.42 Å². The second-order valence-corrected chi connectivity index (χ2v) is 8.50. The maximum atomic E-state index is 13.5. The SMILES string of the molecule is CC(C)CCP(=O)(C(=O)c1ccccc1)c1ccccc1. The average molecular weight is 300 g/mol. The van der Waals surface area contributed by atoms with Crippen molar-refractivity contribution >= 4 is 18.0 Å². The second-order valence-electron chi connectivity index (χ2n) is 5.65. The predicted molar refractivity (Wildman–Crippen MR) is 88.8 cm³/mol. The first-order chi connectivity index (χ1) is 10.0. The van der Waals surface area contributed by atoms with Gasteiger partial charge in [-0.25, -0.2) is 0 Å². The smallest absolute Gasteiger partial charge is 0.225 e. The molecule has 2 aromatic carbocycles. The molecule has 3 heteroatoms. The van der Waals surface area contributed by atoms with E-state index in [0.29, 0.717) is 22.9 Å². The Hall–Kier alpha value is -1.66. The molecule has 0 N–H and O–H groups in total. The molecule has 0 aliphatic rings. The fourth-order valence-electron chi connectivity index (χ4n) is 2.25. The van der Waals surface area contributed by atoms with Crippen LogP contribution in [-0.4, -0.2) is 11.7 Å². The van der Waals surface area contributed by atoms with E-state index in [1.54, 1.807) is 12.1 Å². The first kappa shape index (κ1) is 15.7. The highest BCUT2D eigenvalue weighted by atomic mass is 31.2. The average Bonchev–Trinajstić information content (AvgIpc) is 2.53. The van der Waals surface area contributed by atoms with Gasteiger partial charge < -0.3 is 4.57 Å². The van der Waals surface area contributed by atoms with Gasteiger partial charge in [-0.05, 0) is 12.3 Å². The van der Waals surface area contributed by atoms with Crippen molar-refractivity contribution in [2.75, 3.05) is 6.16 Å². The summed E-state index contributed by atoms with van der Waals surface area (Å²) in [6.07, 6.45) is 1.22. The number of hydrogen-bond donors (Lipinski definition) is 0. The number of rotatable bonds is 6. The van der Waals surface area contributed by atoms with Gasteiger partial charge in [0.15, 0.2) is 7.14 Å². The third-order valence-corrected chi connectivity index (χ3v) is 6.48. The third-order valence-electron chi connectivity index (χ3n) is 3.54. The van der Waals surface area contributed by atoms with E-state index in [-0.39, 0.29) is 5.52 Å². The Morgan fingerprint density at radius 2 is 1.48 bits per heavy atom. The minimum Gasteiger partial charge on any atom is -0.310 e. The zero-order valence-corrected chi connectivity index (χ0v) is 13.4. The molecule has 1 unspecified atom stereocenters. The summed E-state index contributed by atoms with van der Waals surface area (Å²) in [5, 5.41) is 0.666. The van der Waals surface area contributed by atoms with Crippen LogP contribution >= 0.6 is 7.14 Å². The summed E-state index contributed by atoms with van der Waals surface area (Å²) >= 11 is 0. The predicted octanol–water partition coefficient (Wildman–Crippen LogP) is 4.56. The highest BCUT2D eigenvalue weighted by Crippen LogP contribution is 2.48. The van der Waals surface area contributed by atoms with Gasteiger partial charge >= 0.3 is 0 Å². The van der Waals surface area contributed by atoms with E-state index >= 15 is 0 Å². The molecule has 0 bridgehead atoms. The van der Waals surface area contributed by atoms with E-state index in [1.807, 2.05) is 48.5 Å². The normalized spacial score (nSPS) is 13.9. The maximum absolute atomic E-state index is 13.5. The molecule has 2 nitrogen and oxygen atoms in total. The van der Waals surface area contributed by atoms with Gasteiger partial charge in [-0.15, -0.1) is 0 Å². The Morgan fingerprint density at radius 1 is 0.952 bits per heavy atom. The van der Waals surface area contributed by atoms with Crippen LogP contribution in [0, 0.1) is 5.92 Å². The van der Waals surface area contributed by atoms with Crippen LogP contribution in [0.5, 0.6) is 0 Å². The van der Waals surface area contributed by atoms with Crippen LogP contribution in [0.25, 0.3) is 0 Å². The van der Waals surface area contributed by atoms with Crippen LogP contribution in [0.2, 0.25) is 0 Å². The van der Waals surface area contributed by atoms with Gasteiger partial charge in [-0.3, -0.25) is 4.79 Å². The molecular weight excluding hydrogens is 279 g/mol. The van der Waals surface area contributed by atoms with Gasteiger partial charge in [0, 0.05) is 17.0 Å². The van der Waals surface area contributed by atoms with Crippen LogP contribution in [0.3, 0.4) is 0 Å². The van der Waals surface area contributed by atoms with Gasteiger partial charge in [-0.2, -0.15) is 0 Å². The molecule has 0 saturated heterocycles. The molecule has 0 fully saturated rings. The number of carbonyl (C=O) groups is 1. The first-order valence-corrected chi connectivity index (χ1v) is 9.18. The van der Waals surface area contributed by atoms with Crippen molar-refractivity contribution < 1.29 is 9.36 Å². The molecule has 0 aliphatic carbocycles. The fourth-order valence-corrected chi connectivity index (χ4v) is 5.04. The van der Waals surface area contributed by atoms with E-state index in [2.05, 4.69) is 13.8 Å². The van der Waals surface area contributed by atoms with Crippen LogP contribution < -0.4 is 5.30 Å². The molecule has 0 amide bonds. The second kappa shape index (κ2) is 6.87. The Balaban J connectivity index is 2.41. The molecule has 1 atom stereocenters. The van der Waals surface area contributed by atoms with Crippen molar-refractivity contribution in [1.82, 2.24) is 0 Å². The standard InChI is InChI=1S/C18H21O2P/c1-15(2)13-14-21(20,17-11-7-4-8-12-17)18(19)16-9-5-3-6-10-16/h3-12,15H,13-14H2,1-2H3.